The van der Waals surface area contributed by atoms with Gasteiger partial charge in [0, 0.05) is 70.9 Å². The molecule has 0 fully saturated rings. The van der Waals surface area contributed by atoms with E-state index < -0.39 is 51.6 Å². The van der Waals surface area contributed by atoms with Crippen molar-refractivity contribution in [2.24, 2.45) is 5.73 Å². The number of Topliss-reactive ketones (excluding diaryl/α,β-unsaturated/α-hetero) is 2. The highest BCUT2D eigenvalue weighted by Crippen LogP contribution is 2.39. The fourth-order valence-corrected chi connectivity index (χ4v) is 10.6. The Morgan fingerprint density at radius 1 is 0.495 bits per heavy atom. The molecule has 4 heterocycles. The number of ether oxygens (including phenoxy) is 4. The first kappa shape index (κ1) is 65.8. The van der Waals surface area contributed by atoms with Crippen LogP contribution >= 0.6 is 0 Å². The highest BCUT2D eigenvalue weighted by Gasteiger charge is 2.28. The SMILES string of the molecule is COc1ccc(-c2cnc(N)c(-c3ccc(CC(=O)c4cn(C(C)C)c(C(N)=O)c(-c5ccc(F)cc5)c4=O)cc3F)c2)cc1OC.[C-]#[N+]c1c(-c2ccc(F)cc2)c(=O)c(C(=O)Cc2ccc(-c3cc(-c4ccc(OC)c(OC)c4)cnc3N)c(F)c2)cn1C(C)C. The van der Waals surface area contributed by atoms with Gasteiger partial charge in [-0.25, -0.2) is 27.5 Å². The molecule has 0 unspecified atom stereocenters. The van der Waals surface area contributed by atoms with E-state index >= 15 is 8.78 Å². The van der Waals surface area contributed by atoms with Gasteiger partial charge in [0.25, 0.3) is 5.91 Å². The van der Waals surface area contributed by atoms with E-state index in [9.17, 15) is 32.8 Å². The molecule has 6 aromatic carbocycles. The molecule has 6 N–H and O–H groups in total. The number of carbonyl (C=O) groups excluding carboxylic acids is 3. The summed E-state index contributed by atoms with van der Waals surface area (Å²) in [6.45, 7) is 14.9. The number of ketones is 2. The highest BCUT2D eigenvalue weighted by atomic mass is 19.1. The lowest BCUT2D eigenvalue weighted by Gasteiger charge is -2.20. The minimum absolute atomic E-state index is 0.00779. The fourth-order valence-electron chi connectivity index (χ4n) is 10.6. The number of benzene rings is 6. The fraction of sp³-hybridized carbons (Fsp3) is 0.167. The lowest BCUT2D eigenvalue weighted by Crippen LogP contribution is -2.30. The third-order valence-corrected chi connectivity index (χ3v) is 15.4. The van der Waals surface area contributed by atoms with Crippen LogP contribution in [0.2, 0.25) is 0 Å². The van der Waals surface area contributed by atoms with Gasteiger partial charge >= 0.3 is 0 Å². The Morgan fingerprint density at radius 3 is 1.26 bits per heavy atom. The van der Waals surface area contributed by atoms with Gasteiger partial charge in [-0.3, -0.25) is 28.5 Å². The zero-order valence-electron chi connectivity index (χ0n) is 51.7. The van der Waals surface area contributed by atoms with Crippen molar-refractivity contribution in [1.29, 1.82) is 0 Å². The summed E-state index contributed by atoms with van der Waals surface area (Å²) in [5, 5.41) is 0. The molecule has 0 aliphatic carbocycles. The molecule has 4 aromatic heterocycles. The average molecular weight is 1260 g/mol. The number of carbonyl (C=O) groups is 3. The molecule has 472 valence electrons. The molecule has 0 spiro atoms. The number of rotatable bonds is 19. The monoisotopic (exact) mass is 1260 g/mol. The van der Waals surface area contributed by atoms with E-state index in [-0.39, 0.29) is 87.0 Å². The van der Waals surface area contributed by atoms with Crippen LogP contribution in [0.25, 0.3) is 71.6 Å². The lowest BCUT2D eigenvalue weighted by atomic mass is 9.95. The molecule has 1 amide bonds. The van der Waals surface area contributed by atoms with Crippen LogP contribution in [-0.2, 0) is 12.8 Å². The standard InChI is InChI=1S/C36H32F2N4O5.C36H30F2N4O4/c1-19(2)42-18-27(34(44)32(33(42)36(40)45)21-6-9-24(37)10-7-21)29(43)14-20-5-11-25(28(38)13-20)26-15-23(17-41-35(26)39)22-8-12-30(46-3)31(16-22)47-4;1-20(2)42-19-28(34(44)33(36(42)40-3)22-7-10-25(37)11-8-22)30(43)15-21-6-12-26(29(38)14-21)27-16-24(18-41-35(27)39)23-9-13-31(45-4)32(17-23)46-5/h5-13,15-19H,14H2,1-4H3,(H2,39,41)(H2,40,45);6-14,16-20H,15H2,1-2,4-5H3,(H2,39,41). The molecule has 93 heavy (non-hydrogen) atoms. The van der Waals surface area contributed by atoms with Crippen molar-refractivity contribution in [2.45, 2.75) is 52.6 Å². The van der Waals surface area contributed by atoms with Crippen LogP contribution in [0, 0.1) is 29.8 Å². The highest BCUT2D eigenvalue weighted by molar-refractivity contribution is 6.03. The third kappa shape index (κ3) is 13.9. The molecule has 0 aliphatic rings. The van der Waals surface area contributed by atoms with Crippen molar-refractivity contribution < 1.29 is 50.9 Å². The average Bonchev–Trinajstić information content (AvgIpc) is 0.782. The predicted octanol–water partition coefficient (Wildman–Crippen LogP) is 13.9. The smallest absolute Gasteiger partial charge is 0.266 e. The molecular weight excluding hydrogens is 1200 g/mol. The van der Waals surface area contributed by atoms with Crippen molar-refractivity contribution in [3.63, 3.8) is 0 Å². The van der Waals surface area contributed by atoms with E-state index in [1.807, 2.05) is 26.0 Å². The molecule has 0 saturated carbocycles. The zero-order chi connectivity index (χ0) is 67.1. The summed E-state index contributed by atoms with van der Waals surface area (Å²) in [5.74, 6) is -1.94. The van der Waals surface area contributed by atoms with Gasteiger partial charge in [-0.05, 0) is 134 Å². The van der Waals surface area contributed by atoms with Crippen LogP contribution in [0.4, 0.5) is 35.0 Å². The number of primary amides is 1. The molecular formula is C72H62F4N8O9. The van der Waals surface area contributed by atoms with Crippen molar-refractivity contribution in [1.82, 2.24) is 19.1 Å². The van der Waals surface area contributed by atoms with Crippen LogP contribution in [0.3, 0.4) is 0 Å². The Bertz CT molecular complexity index is 4730. The molecule has 0 radical (unpaired) electrons. The van der Waals surface area contributed by atoms with Gasteiger partial charge in [0.2, 0.25) is 11.2 Å². The normalized spacial score (nSPS) is 11.0. The number of methoxy groups -OCH3 is 4. The molecule has 0 aliphatic heterocycles. The molecule has 0 saturated heterocycles. The Hall–Kier alpha value is -11.7. The van der Waals surface area contributed by atoms with E-state index in [2.05, 4.69) is 14.8 Å². The summed E-state index contributed by atoms with van der Waals surface area (Å²) in [5.41, 5.74) is 21.1. The van der Waals surface area contributed by atoms with Crippen molar-refractivity contribution >= 4 is 34.9 Å². The zero-order valence-corrected chi connectivity index (χ0v) is 51.7. The van der Waals surface area contributed by atoms with Gasteiger partial charge < -0.3 is 45.6 Å². The predicted molar refractivity (Wildman–Crippen MR) is 349 cm³/mol. The number of aromatic nitrogens is 4. The number of hydrogen-bond donors (Lipinski definition) is 3. The second-order valence-electron chi connectivity index (χ2n) is 21.9. The minimum atomic E-state index is -0.879. The first-order valence-electron chi connectivity index (χ1n) is 28.9. The number of pyridine rings is 4. The molecule has 21 heteroatoms. The first-order valence-corrected chi connectivity index (χ1v) is 28.9. The summed E-state index contributed by atoms with van der Waals surface area (Å²) in [6.07, 6.45) is 5.21. The van der Waals surface area contributed by atoms with E-state index in [0.29, 0.717) is 61.9 Å². The number of amides is 1. The Balaban J connectivity index is 0.000000219. The number of nitrogens with two attached hydrogens (primary N) is 3. The molecule has 17 nitrogen and oxygen atoms in total. The lowest BCUT2D eigenvalue weighted by molar-refractivity contribution is 0.0975. The van der Waals surface area contributed by atoms with Gasteiger partial charge in [0.05, 0.1) is 57.4 Å². The van der Waals surface area contributed by atoms with E-state index in [0.717, 1.165) is 23.3 Å². The molecule has 10 rings (SSSR count). The van der Waals surface area contributed by atoms with E-state index in [1.54, 1.807) is 86.4 Å². The van der Waals surface area contributed by atoms with Gasteiger partial charge in [-0.15, -0.1) is 0 Å². The largest absolute Gasteiger partial charge is 0.493 e. The van der Waals surface area contributed by atoms with Gasteiger partial charge in [0.1, 0.15) is 46.2 Å². The van der Waals surface area contributed by atoms with Gasteiger partial charge in [-0.2, -0.15) is 0 Å². The summed E-state index contributed by atoms with van der Waals surface area (Å²) < 4.78 is 83.0. The molecule has 10 aromatic rings. The maximum Gasteiger partial charge on any atom is 0.266 e. The second kappa shape index (κ2) is 28.0. The Kier molecular flexibility index (Phi) is 19.8. The quantitative estimate of drug-likeness (QED) is 0.0388. The summed E-state index contributed by atoms with van der Waals surface area (Å²) in [7, 11) is 6.13. The number of nitrogens with zero attached hydrogens (tertiary/aromatic N) is 5. The van der Waals surface area contributed by atoms with Crippen molar-refractivity contribution in [3.8, 4) is 89.8 Å². The summed E-state index contributed by atoms with van der Waals surface area (Å²) >= 11 is 0. The number of halogens is 4. The minimum Gasteiger partial charge on any atom is -0.493 e. The van der Waals surface area contributed by atoms with Gasteiger partial charge in [0.15, 0.2) is 40.0 Å². The Morgan fingerprint density at radius 2 is 0.882 bits per heavy atom. The first-order chi connectivity index (χ1) is 44.5. The number of hydrogen-bond acceptors (Lipinski definition) is 13. The maximum atomic E-state index is 15.7. The summed E-state index contributed by atoms with van der Waals surface area (Å²) in [4.78, 5) is 79.1. The molecule has 0 bridgehead atoms. The Labute approximate surface area is 532 Å². The van der Waals surface area contributed by atoms with Crippen LogP contribution in [0.5, 0.6) is 23.0 Å². The van der Waals surface area contributed by atoms with Crippen LogP contribution in [0.1, 0.15) is 82.1 Å². The van der Waals surface area contributed by atoms with Crippen molar-refractivity contribution in [2.75, 3.05) is 39.9 Å². The van der Waals surface area contributed by atoms with Crippen LogP contribution in [0.15, 0.2) is 168 Å². The third-order valence-electron chi connectivity index (χ3n) is 15.4. The summed E-state index contributed by atoms with van der Waals surface area (Å²) in [6, 6.07) is 32.2. The number of anilines is 2. The van der Waals surface area contributed by atoms with Gasteiger partial charge in [-0.1, -0.05) is 67.2 Å². The molecule has 0 atom stereocenters. The van der Waals surface area contributed by atoms with Crippen LogP contribution in [-0.4, -0.2) is 65.0 Å². The maximum absolute atomic E-state index is 15.7. The van der Waals surface area contributed by atoms with Crippen LogP contribution < -0.4 is 47.0 Å². The topological polar surface area (TPSA) is 240 Å². The van der Waals surface area contributed by atoms with E-state index in [1.165, 1.54) is 99.0 Å². The van der Waals surface area contributed by atoms with E-state index in [4.69, 9.17) is 42.7 Å². The second-order valence-corrected chi connectivity index (χ2v) is 21.9. The number of nitrogen functional groups attached to an aromatic ring is 2. The van der Waals surface area contributed by atoms with Crippen molar-refractivity contribution in [3.05, 3.63) is 241 Å².